The Hall–Kier alpha value is -3.75. The number of nitro benzene ring substituents is 1. The first-order chi connectivity index (χ1) is 12.4. The number of nitrogens with zero attached hydrogens (tertiary/aromatic N) is 2. The molecule has 0 saturated heterocycles. The van der Waals surface area contributed by atoms with Crippen LogP contribution in [0, 0.1) is 17.0 Å². The van der Waals surface area contributed by atoms with Crippen LogP contribution in [0.25, 0.3) is 0 Å². The topological polar surface area (TPSA) is 134 Å². The SMILES string of the molecule is Cc1ccc(OCC(=O)NN=Cc2ccc(C(=O)[O-])cc2)c([N+](=O)[O-])c1. The van der Waals surface area contributed by atoms with Gasteiger partial charge < -0.3 is 14.6 Å². The number of aryl methyl sites for hydroxylation is 1. The van der Waals surface area contributed by atoms with Gasteiger partial charge >= 0.3 is 5.69 Å². The standard InChI is InChI=1S/C17H15N3O6/c1-11-2-7-15(14(8-11)20(24)25)26-10-16(21)19-18-9-12-3-5-13(6-4-12)17(22)23/h2-9H,10H2,1H3,(H,19,21)(H,22,23)/p-1. The first kappa shape index (κ1) is 18.6. The number of carboxylic acids is 1. The molecule has 9 nitrogen and oxygen atoms in total. The maximum Gasteiger partial charge on any atom is 0.311 e. The summed E-state index contributed by atoms with van der Waals surface area (Å²) in [4.78, 5) is 32.7. The van der Waals surface area contributed by atoms with E-state index in [4.69, 9.17) is 4.74 Å². The number of carbonyl (C=O) groups is 2. The van der Waals surface area contributed by atoms with Crippen LogP contribution in [0.5, 0.6) is 5.75 Å². The number of benzene rings is 2. The third kappa shape index (κ3) is 5.13. The van der Waals surface area contributed by atoms with E-state index in [1.165, 1.54) is 42.6 Å². The molecule has 1 amide bonds. The Labute approximate surface area is 148 Å². The molecule has 2 aromatic carbocycles. The maximum absolute atomic E-state index is 11.7. The molecule has 2 aromatic rings. The minimum absolute atomic E-state index is 0.0161. The van der Waals surface area contributed by atoms with Crippen molar-refractivity contribution in [1.82, 2.24) is 5.43 Å². The van der Waals surface area contributed by atoms with Gasteiger partial charge in [-0.3, -0.25) is 14.9 Å². The fourth-order valence-corrected chi connectivity index (χ4v) is 1.95. The van der Waals surface area contributed by atoms with Gasteiger partial charge in [0.25, 0.3) is 5.91 Å². The molecular formula is C17H14N3O6-. The second-order valence-electron chi connectivity index (χ2n) is 5.22. The first-order valence-corrected chi connectivity index (χ1v) is 7.38. The molecule has 0 saturated carbocycles. The lowest BCUT2D eigenvalue weighted by Gasteiger charge is -2.06. The van der Waals surface area contributed by atoms with Gasteiger partial charge in [-0.1, -0.05) is 30.3 Å². The summed E-state index contributed by atoms with van der Waals surface area (Å²) >= 11 is 0. The average molecular weight is 356 g/mol. The van der Waals surface area contributed by atoms with Gasteiger partial charge in [0, 0.05) is 6.07 Å². The fraction of sp³-hybridized carbons (Fsp3) is 0.118. The molecule has 134 valence electrons. The third-order valence-corrected chi connectivity index (χ3v) is 3.22. The Balaban J connectivity index is 1.89. The monoisotopic (exact) mass is 356 g/mol. The quantitative estimate of drug-likeness (QED) is 0.443. The van der Waals surface area contributed by atoms with Crippen LogP contribution in [0.3, 0.4) is 0 Å². The van der Waals surface area contributed by atoms with E-state index in [0.29, 0.717) is 11.1 Å². The zero-order valence-electron chi connectivity index (χ0n) is 13.7. The van der Waals surface area contributed by atoms with Gasteiger partial charge in [-0.15, -0.1) is 0 Å². The number of amides is 1. The summed E-state index contributed by atoms with van der Waals surface area (Å²) in [5.74, 6) is -1.91. The second kappa shape index (κ2) is 8.38. The van der Waals surface area contributed by atoms with E-state index in [1.54, 1.807) is 13.0 Å². The summed E-state index contributed by atoms with van der Waals surface area (Å²) in [6.45, 7) is 1.25. The van der Waals surface area contributed by atoms with Gasteiger partial charge in [-0.25, -0.2) is 5.43 Å². The molecule has 1 N–H and O–H groups in total. The van der Waals surface area contributed by atoms with Gasteiger partial charge in [0.1, 0.15) is 0 Å². The highest BCUT2D eigenvalue weighted by Gasteiger charge is 2.16. The Kier molecular flexibility index (Phi) is 5.99. The molecule has 0 heterocycles. The normalized spacial score (nSPS) is 10.5. The Morgan fingerprint density at radius 3 is 2.54 bits per heavy atom. The summed E-state index contributed by atoms with van der Waals surface area (Å²) in [6.07, 6.45) is 1.31. The number of carboxylic acid groups (broad SMARTS) is 1. The van der Waals surface area contributed by atoms with Crippen molar-refractivity contribution in [2.75, 3.05) is 6.61 Å². The predicted octanol–water partition coefficient (Wildman–Crippen LogP) is 0.796. The lowest BCUT2D eigenvalue weighted by molar-refractivity contribution is -0.385. The van der Waals surface area contributed by atoms with Crippen LogP contribution in [0.2, 0.25) is 0 Å². The highest BCUT2D eigenvalue weighted by molar-refractivity contribution is 5.88. The summed E-state index contributed by atoms with van der Waals surface area (Å²) in [5, 5.41) is 25.3. The van der Waals surface area contributed by atoms with Crippen molar-refractivity contribution >= 4 is 23.8 Å². The van der Waals surface area contributed by atoms with Gasteiger partial charge in [-0.05, 0) is 29.7 Å². The first-order valence-electron chi connectivity index (χ1n) is 7.38. The van der Waals surface area contributed by atoms with E-state index < -0.39 is 23.4 Å². The molecule has 0 bridgehead atoms. The average Bonchev–Trinajstić information content (AvgIpc) is 2.61. The smallest absolute Gasteiger partial charge is 0.311 e. The number of aromatic carboxylic acids is 1. The number of hydrogen-bond acceptors (Lipinski definition) is 7. The van der Waals surface area contributed by atoms with E-state index in [0.717, 1.165) is 0 Å². The lowest BCUT2D eigenvalue weighted by atomic mass is 10.1. The maximum atomic E-state index is 11.7. The molecule has 2 rings (SSSR count). The molecular weight excluding hydrogens is 342 g/mol. The number of nitrogens with one attached hydrogen (secondary N) is 1. The summed E-state index contributed by atoms with van der Waals surface area (Å²) in [6, 6.07) is 10.1. The van der Waals surface area contributed by atoms with E-state index in [-0.39, 0.29) is 17.0 Å². The molecule has 0 aliphatic carbocycles. The highest BCUT2D eigenvalue weighted by Crippen LogP contribution is 2.27. The summed E-state index contributed by atoms with van der Waals surface area (Å²) < 4.78 is 5.16. The minimum atomic E-state index is -1.29. The molecule has 0 aliphatic rings. The molecule has 0 atom stereocenters. The van der Waals surface area contributed by atoms with E-state index in [9.17, 15) is 24.8 Å². The van der Waals surface area contributed by atoms with E-state index >= 15 is 0 Å². The van der Waals surface area contributed by atoms with Crippen molar-refractivity contribution in [3.63, 3.8) is 0 Å². The molecule has 0 fully saturated rings. The Bertz CT molecular complexity index is 861. The minimum Gasteiger partial charge on any atom is -0.545 e. The number of carbonyl (C=O) groups excluding carboxylic acids is 2. The molecule has 26 heavy (non-hydrogen) atoms. The van der Waals surface area contributed by atoms with Crippen molar-refractivity contribution in [3.05, 3.63) is 69.3 Å². The number of hydrogen-bond donors (Lipinski definition) is 1. The zero-order valence-corrected chi connectivity index (χ0v) is 13.7. The predicted molar refractivity (Wildman–Crippen MR) is 89.8 cm³/mol. The number of ether oxygens (including phenoxy) is 1. The summed E-state index contributed by atoms with van der Waals surface area (Å²) in [5.41, 5.74) is 3.26. The van der Waals surface area contributed by atoms with E-state index in [1.807, 2.05) is 0 Å². The van der Waals surface area contributed by atoms with Crippen LogP contribution >= 0.6 is 0 Å². The zero-order chi connectivity index (χ0) is 19.1. The van der Waals surface area contributed by atoms with Crippen molar-refractivity contribution in [3.8, 4) is 5.75 Å². The van der Waals surface area contributed by atoms with Crippen molar-refractivity contribution in [2.45, 2.75) is 6.92 Å². The molecule has 9 heteroatoms. The van der Waals surface area contributed by atoms with Crippen molar-refractivity contribution in [2.24, 2.45) is 5.10 Å². The molecule has 0 spiro atoms. The summed E-state index contributed by atoms with van der Waals surface area (Å²) in [7, 11) is 0. The molecule has 0 radical (unpaired) electrons. The molecule has 0 aliphatic heterocycles. The third-order valence-electron chi connectivity index (χ3n) is 3.22. The molecule has 0 aromatic heterocycles. The van der Waals surface area contributed by atoms with Crippen LogP contribution < -0.4 is 15.3 Å². The van der Waals surface area contributed by atoms with Crippen molar-refractivity contribution in [1.29, 1.82) is 0 Å². The number of nitro groups is 1. The fourth-order valence-electron chi connectivity index (χ4n) is 1.95. The van der Waals surface area contributed by atoms with E-state index in [2.05, 4.69) is 10.5 Å². The number of rotatable bonds is 7. The van der Waals surface area contributed by atoms with Crippen molar-refractivity contribution < 1.29 is 24.4 Å². The Morgan fingerprint density at radius 2 is 1.92 bits per heavy atom. The van der Waals surface area contributed by atoms with Crippen LogP contribution in [0.4, 0.5) is 5.69 Å². The highest BCUT2D eigenvalue weighted by atomic mass is 16.6. The van der Waals surface area contributed by atoms with Crippen LogP contribution in [0.15, 0.2) is 47.6 Å². The Morgan fingerprint density at radius 1 is 1.23 bits per heavy atom. The molecule has 0 unspecified atom stereocenters. The van der Waals surface area contributed by atoms with Gasteiger partial charge in [0.05, 0.1) is 17.1 Å². The van der Waals surface area contributed by atoms with Crippen LogP contribution in [-0.4, -0.2) is 29.6 Å². The van der Waals surface area contributed by atoms with Crippen LogP contribution in [-0.2, 0) is 4.79 Å². The number of hydrazone groups is 1. The van der Waals surface area contributed by atoms with Crippen LogP contribution in [0.1, 0.15) is 21.5 Å². The second-order valence-corrected chi connectivity index (χ2v) is 5.22. The van der Waals surface area contributed by atoms with Gasteiger partial charge in [0.2, 0.25) is 0 Å². The lowest BCUT2D eigenvalue weighted by Crippen LogP contribution is -2.24. The largest absolute Gasteiger partial charge is 0.545 e. The van der Waals surface area contributed by atoms with Gasteiger partial charge in [0.15, 0.2) is 12.4 Å². The van der Waals surface area contributed by atoms with Gasteiger partial charge in [-0.2, -0.15) is 5.10 Å².